The Bertz CT molecular complexity index is 1480. The number of likely N-dealkylation sites (tertiary alicyclic amines) is 1. The lowest BCUT2D eigenvalue weighted by atomic mass is 9.79. The molecule has 1 aromatic rings. The van der Waals surface area contributed by atoms with Gasteiger partial charge in [-0.3, -0.25) is 24.1 Å². The predicted molar refractivity (Wildman–Crippen MR) is 151 cm³/mol. The number of likely N-dealkylation sites (N-methyl/N-ethyl adjacent to an activating group) is 1. The minimum absolute atomic E-state index is 0.0113. The third-order valence-corrected chi connectivity index (χ3v) is 8.51. The fourth-order valence-electron chi connectivity index (χ4n) is 5.89. The van der Waals surface area contributed by atoms with Crippen molar-refractivity contribution in [1.29, 1.82) is 5.26 Å². The average molecular weight is 672 g/mol. The van der Waals surface area contributed by atoms with Gasteiger partial charge < -0.3 is 24.6 Å². The molecule has 0 aromatic heterocycles. The summed E-state index contributed by atoms with van der Waals surface area (Å²) in [6.07, 6.45) is -6.30. The van der Waals surface area contributed by atoms with Crippen LogP contribution in [0.5, 0.6) is 0 Å². The number of para-hydroxylation sites is 1. The van der Waals surface area contributed by atoms with Gasteiger partial charge in [-0.15, -0.1) is 0 Å². The number of benzene rings is 1. The largest absolute Gasteiger partial charge is 0.510 e. The van der Waals surface area contributed by atoms with Crippen LogP contribution < -0.4 is 10.2 Å². The van der Waals surface area contributed by atoms with Gasteiger partial charge >= 0.3 is 24.2 Å². The maximum absolute atomic E-state index is 14.1. The average Bonchev–Trinajstić information content (AvgIpc) is 3.69. The highest BCUT2D eigenvalue weighted by atomic mass is 19.4. The molecule has 2 unspecified atom stereocenters. The number of nitrogens with one attached hydrogen (secondary N) is 1. The summed E-state index contributed by atoms with van der Waals surface area (Å²) in [6.45, 7) is 3.34. The van der Waals surface area contributed by atoms with Gasteiger partial charge in [-0.2, -0.15) is 27.2 Å². The summed E-state index contributed by atoms with van der Waals surface area (Å²) >= 11 is 0. The number of ether oxygens (including phenoxy) is 2. The zero-order chi connectivity index (χ0) is 35.1. The molecule has 256 valence electrons. The van der Waals surface area contributed by atoms with E-state index in [0.717, 1.165) is 23.8 Å². The van der Waals surface area contributed by atoms with Crippen molar-refractivity contribution in [3.63, 3.8) is 0 Å². The minimum Gasteiger partial charge on any atom is -0.432 e. The van der Waals surface area contributed by atoms with E-state index < -0.39 is 78.3 Å². The van der Waals surface area contributed by atoms with E-state index in [9.17, 15) is 51.2 Å². The Hall–Kier alpha value is -4.49. The second-order valence-corrected chi connectivity index (χ2v) is 12.2. The van der Waals surface area contributed by atoms with Crippen molar-refractivity contribution in [3.8, 4) is 6.07 Å². The van der Waals surface area contributed by atoms with Gasteiger partial charge in [-0.1, -0.05) is 31.0 Å². The monoisotopic (exact) mass is 671 g/mol. The summed E-state index contributed by atoms with van der Waals surface area (Å²) < 4.78 is 75.2. The molecule has 2 aliphatic heterocycles. The first kappa shape index (κ1) is 35.4. The fraction of sp³-hybridized carbons (Fsp3) is 0.600. The first-order valence-electron chi connectivity index (χ1n) is 14.8. The number of carbonyl (C=O) groups is 5. The lowest BCUT2D eigenvalue weighted by molar-refractivity contribution is -0.270. The van der Waals surface area contributed by atoms with Crippen molar-refractivity contribution >= 4 is 35.5 Å². The highest BCUT2D eigenvalue weighted by molar-refractivity contribution is 6.09. The predicted octanol–water partition coefficient (Wildman–Crippen LogP) is 3.24. The summed E-state index contributed by atoms with van der Waals surface area (Å²) in [6, 6.07) is 4.31. The number of halogens is 5. The third kappa shape index (κ3) is 6.82. The fourth-order valence-corrected chi connectivity index (χ4v) is 5.89. The molecule has 12 nitrogen and oxygen atoms in total. The molecule has 2 fully saturated rings. The number of anilines is 1. The lowest BCUT2D eigenvalue weighted by Gasteiger charge is -2.34. The van der Waals surface area contributed by atoms with Crippen LogP contribution in [0.25, 0.3) is 0 Å². The number of nitrogens with zero attached hydrogens (tertiary/aromatic N) is 4. The number of alkyl halides is 5. The summed E-state index contributed by atoms with van der Waals surface area (Å²) in [5, 5.41) is 11.5. The van der Waals surface area contributed by atoms with Crippen molar-refractivity contribution in [2.45, 2.75) is 88.2 Å². The van der Waals surface area contributed by atoms with Crippen molar-refractivity contribution in [2.75, 3.05) is 25.2 Å². The number of amides is 4. The molecule has 4 amide bonds. The molecule has 1 N–H and O–H groups in total. The Morgan fingerprint density at radius 1 is 1.13 bits per heavy atom. The Labute approximate surface area is 266 Å². The first-order valence-corrected chi connectivity index (χ1v) is 14.8. The highest BCUT2D eigenvalue weighted by Crippen LogP contribution is 2.49. The van der Waals surface area contributed by atoms with Gasteiger partial charge in [0.2, 0.25) is 17.7 Å². The standard InChI is InChI=1S/C30H34F5N5O7/c1-16(2)47-27(45)46-15-40-21-8-6-5-7-20(21)28(26(40)44)12-19(13-36)39(14-28)24(42)22(11-18-9-10-18)38(4)23(41)17(3)37-25(43)29(31,32)30(33,34)35/h5-8,16-19,22H,9-12,14-15H2,1-4H3,(H,37,43)/t17?,19?,22-,28-/m0/s1. The van der Waals surface area contributed by atoms with Crippen LogP contribution in [0.1, 0.15) is 52.0 Å². The van der Waals surface area contributed by atoms with Crippen molar-refractivity contribution in [2.24, 2.45) is 5.92 Å². The molecular weight excluding hydrogens is 637 g/mol. The van der Waals surface area contributed by atoms with Gasteiger partial charge in [0.1, 0.15) is 18.1 Å². The molecule has 0 bridgehead atoms. The Morgan fingerprint density at radius 3 is 2.34 bits per heavy atom. The van der Waals surface area contributed by atoms with E-state index in [2.05, 4.69) is 0 Å². The van der Waals surface area contributed by atoms with E-state index in [1.54, 1.807) is 38.1 Å². The second-order valence-electron chi connectivity index (χ2n) is 12.2. The number of hydrogen-bond donors (Lipinski definition) is 1. The number of nitriles is 1. The summed E-state index contributed by atoms with van der Waals surface area (Å²) in [4.78, 5) is 68.3. The molecule has 1 saturated carbocycles. The van der Waals surface area contributed by atoms with Gasteiger partial charge in [0.05, 0.1) is 23.3 Å². The van der Waals surface area contributed by atoms with Crippen LogP contribution in [-0.4, -0.2) is 96.2 Å². The van der Waals surface area contributed by atoms with Gasteiger partial charge in [0.15, 0.2) is 6.73 Å². The van der Waals surface area contributed by atoms with Gasteiger partial charge in [0, 0.05) is 20.0 Å². The van der Waals surface area contributed by atoms with E-state index in [-0.39, 0.29) is 25.3 Å². The van der Waals surface area contributed by atoms with E-state index >= 15 is 0 Å². The van der Waals surface area contributed by atoms with Crippen molar-refractivity contribution in [3.05, 3.63) is 29.8 Å². The number of fused-ring (bicyclic) bond motifs is 2. The van der Waals surface area contributed by atoms with Gasteiger partial charge in [-0.05, 0) is 44.7 Å². The molecule has 4 atom stereocenters. The molecule has 4 rings (SSSR count). The third-order valence-electron chi connectivity index (χ3n) is 8.51. The van der Waals surface area contributed by atoms with Crippen LogP contribution in [0.3, 0.4) is 0 Å². The van der Waals surface area contributed by atoms with Gasteiger partial charge in [-0.25, -0.2) is 4.79 Å². The van der Waals surface area contributed by atoms with Crippen molar-refractivity contribution < 1.29 is 55.4 Å². The number of carbonyl (C=O) groups excluding carboxylic acids is 5. The SMILES string of the molecule is CC(C)OC(=O)OCN1C(=O)[C@]2(CC(C#N)N(C(=O)[C@H](CC3CC3)N(C)C(=O)C(C)NC(=O)C(F)(F)C(F)(F)F)C2)c2ccccc21. The first-order chi connectivity index (χ1) is 21.9. The minimum atomic E-state index is -6.19. The summed E-state index contributed by atoms with van der Waals surface area (Å²) in [5.74, 6) is -10.9. The maximum Gasteiger partial charge on any atom is 0.510 e. The molecule has 17 heteroatoms. The zero-order valence-corrected chi connectivity index (χ0v) is 26.0. The Balaban J connectivity index is 1.57. The summed E-state index contributed by atoms with van der Waals surface area (Å²) in [5.41, 5.74) is -0.552. The second kappa shape index (κ2) is 13.0. The lowest BCUT2D eigenvalue weighted by Crippen LogP contribution is -2.58. The van der Waals surface area contributed by atoms with Crippen LogP contribution in [-0.2, 0) is 34.1 Å². The van der Waals surface area contributed by atoms with Crippen molar-refractivity contribution in [1.82, 2.24) is 15.1 Å². The molecule has 2 heterocycles. The molecule has 47 heavy (non-hydrogen) atoms. The molecule has 1 spiro atoms. The van der Waals surface area contributed by atoms with E-state index in [4.69, 9.17) is 9.47 Å². The Morgan fingerprint density at radius 2 is 1.77 bits per heavy atom. The quantitative estimate of drug-likeness (QED) is 0.295. The molecule has 1 saturated heterocycles. The summed E-state index contributed by atoms with van der Waals surface area (Å²) in [7, 11) is 1.15. The van der Waals surface area contributed by atoms with Crippen LogP contribution in [0.15, 0.2) is 24.3 Å². The number of hydrogen-bond acceptors (Lipinski definition) is 8. The van der Waals surface area contributed by atoms with E-state index in [1.165, 1.54) is 10.2 Å². The zero-order valence-electron chi connectivity index (χ0n) is 26.0. The smallest absolute Gasteiger partial charge is 0.432 e. The normalized spacial score (nSPS) is 22.1. The maximum atomic E-state index is 14.1. The molecule has 1 aromatic carbocycles. The van der Waals surface area contributed by atoms with Crippen LogP contribution in [0.2, 0.25) is 0 Å². The van der Waals surface area contributed by atoms with Gasteiger partial charge in [0.25, 0.3) is 0 Å². The molecular formula is C30H34F5N5O7. The van der Waals surface area contributed by atoms with Crippen LogP contribution in [0.4, 0.5) is 32.4 Å². The van der Waals surface area contributed by atoms with E-state index in [1.807, 2.05) is 6.07 Å². The van der Waals surface area contributed by atoms with E-state index in [0.29, 0.717) is 24.1 Å². The highest BCUT2D eigenvalue weighted by Gasteiger charge is 2.64. The Kier molecular flexibility index (Phi) is 9.75. The topological polar surface area (TPSA) is 149 Å². The molecule has 1 aliphatic carbocycles. The van der Waals surface area contributed by atoms with Crippen LogP contribution >= 0.6 is 0 Å². The molecule has 3 aliphatic rings. The number of rotatable bonds is 10. The van der Waals surface area contributed by atoms with Crippen LogP contribution in [0, 0.1) is 17.2 Å². The molecule has 0 radical (unpaired) electrons.